The summed E-state index contributed by atoms with van der Waals surface area (Å²) in [6, 6.07) is 5.03. The van der Waals surface area contributed by atoms with Crippen molar-refractivity contribution in [2.45, 2.75) is 0 Å². The van der Waals surface area contributed by atoms with Crippen molar-refractivity contribution in [3.8, 4) is 11.5 Å². The van der Waals surface area contributed by atoms with E-state index in [4.69, 9.17) is 20.6 Å². The fourth-order valence-electron chi connectivity index (χ4n) is 1.30. The second-order valence-corrected chi connectivity index (χ2v) is 3.83. The van der Waals surface area contributed by atoms with Crippen molar-refractivity contribution in [2.75, 3.05) is 27.8 Å². The summed E-state index contributed by atoms with van der Waals surface area (Å²) in [5, 5.41) is 7.47. The van der Waals surface area contributed by atoms with Gasteiger partial charge in [0, 0.05) is 14.1 Å². The van der Waals surface area contributed by atoms with Gasteiger partial charge in [0.25, 0.3) is 5.91 Å². The second kappa shape index (κ2) is 7.48. The van der Waals surface area contributed by atoms with Crippen LogP contribution in [0.25, 0.3) is 0 Å². The Hall–Kier alpha value is -1.95. The van der Waals surface area contributed by atoms with Gasteiger partial charge in [0.05, 0.1) is 12.7 Å². The predicted molar refractivity (Wildman–Crippen MR) is 75.4 cm³/mol. The molecule has 0 bridgehead atoms. The molecular weight excluding hydrogens is 270 g/mol. The molecular formula is C12H18ClN3O3. The van der Waals surface area contributed by atoms with E-state index in [1.54, 1.807) is 32.3 Å². The first kappa shape index (κ1) is 17.1. The van der Waals surface area contributed by atoms with Gasteiger partial charge in [0.1, 0.15) is 5.84 Å². The van der Waals surface area contributed by atoms with E-state index in [1.165, 1.54) is 12.0 Å². The minimum absolute atomic E-state index is 0. The number of methoxy groups -OCH3 is 1. The number of benzene rings is 1. The van der Waals surface area contributed by atoms with Gasteiger partial charge in [-0.05, 0) is 12.1 Å². The number of rotatable bonds is 5. The Balaban J connectivity index is 0.00000324. The van der Waals surface area contributed by atoms with Gasteiger partial charge in [-0.3, -0.25) is 10.2 Å². The van der Waals surface area contributed by atoms with E-state index in [1.807, 2.05) is 0 Å². The zero-order chi connectivity index (χ0) is 13.7. The molecule has 0 atom stereocenters. The Labute approximate surface area is 118 Å². The number of likely N-dealkylation sites (N-methyl/N-ethyl adjacent to an activating group) is 1. The molecule has 1 aromatic carbocycles. The summed E-state index contributed by atoms with van der Waals surface area (Å²) in [5.74, 6) is 0.425. The molecule has 0 aliphatic carbocycles. The summed E-state index contributed by atoms with van der Waals surface area (Å²) in [4.78, 5) is 12.9. The minimum Gasteiger partial charge on any atom is -0.493 e. The average molecular weight is 288 g/mol. The van der Waals surface area contributed by atoms with Crippen LogP contribution in [0.15, 0.2) is 18.2 Å². The number of hydrogen-bond donors (Lipinski definition) is 2. The number of halogens is 1. The zero-order valence-corrected chi connectivity index (χ0v) is 11.9. The molecule has 0 radical (unpaired) electrons. The Morgan fingerprint density at radius 1 is 1.42 bits per heavy atom. The summed E-state index contributed by atoms with van der Waals surface area (Å²) in [6.45, 7) is -0.131. The number of amides is 1. The van der Waals surface area contributed by atoms with Gasteiger partial charge in [-0.15, -0.1) is 12.4 Å². The van der Waals surface area contributed by atoms with Gasteiger partial charge in [-0.1, -0.05) is 6.07 Å². The van der Waals surface area contributed by atoms with Crippen molar-refractivity contribution in [3.05, 3.63) is 23.8 Å². The molecule has 0 aromatic heterocycles. The third-order valence-electron chi connectivity index (χ3n) is 2.33. The number of nitrogen functional groups attached to an aromatic ring is 1. The van der Waals surface area contributed by atoms with E-state index < -0.39 is 0 Å². The largest absolute Gasteiger partial charge is 0.493 e. The predicted octanol–water partition coefficient (Wildman–Crippen LogP) is 0.868. The molecule has 1 aromatic rings. The first-order valence-corrected chi connectivity index (χ1v) is 5.31. The smallest absolute Gasteiger partial charge is 0.259 e. The third kappa shape index (κ3) is 4.33. The number of ether oxygens (including phenoxy) is 2. The number of nitrogens with zero attached hydrogens (tertiary/aromatic N) is 1. The molecule has 0 saturated carbocycles. The molecule has 3 N–H and O–H groups in total. The molecule has 19 heavy (non-hydrogen) atoms. The Morgan fingerprint density at radius 2 is 2.05 bits per heavy atom. The highest BCUT2D eigenvalue weighted by molar-refractivity contribution is 5.98. The lowest BCUT2D eigenvalue weighted by molar-refractivity contribution is -0.130. The van der Waals surface area contributed by atoms with Crippen LogP contribution in [0.3, 0.4) is 0 Å². The number of carbonyl (C=O) groups excluding carboxylic acids is 1. The number of carbonyl (C=O) groups is 1. The van der Waals surface area contributed by atoms with Crippen molar-refractivity contribution >= 4 is 24.1 Å². The molecule has 1 amide bonds. The summed E-state index contributed by atoms with van der Waals surface area (Å²) < 4.78 is 10.5. The highest BCUT2D eigenvalue weighted by Crippen LogP contribution is 2.30. The van der Waals surface area contributed by atoms with Crippen LogP contribution >= 0.6 is 12.4 Å². The van der Waals surface area contributed by atoms with Gasteiger partial charge in [-0.2, -0.15) is 0 Å². The van der Waals surface area contributed by atoms with Crippen molar-refractivity contribution in [1.82, 2.24) is 4.90 Å². The second-order valence-electron chi connectivity index (χ2n) is 3.83. The number of nitrogens with one attached hydrogen (secondary N) is 1. The fraction of sp³-hybridized carbons (Fsp3) is 0.333. The molecule has 0 aliphatic heterocycles. The molecule has 0 saturated heterocycles. The summed E-state index contributed by atoms with van der Waals surface area (Å²) >= 11 is 0. The quantitative estimate of drug-likeness (QED) is 0.621. The minimum atomic E-state index is -0.185. The number of amidine groups is 1. The van der Waals surface area contributed by atoms with Crippen LogP contribution in [-0.4, -0.2) is 44.5 Å². The maximum absolute atomic E-state index is 11.5. The van der Waals surface area contributed by atoms with Crippen molar-refractivity contribution in [2.24, 2.45) is 5.73 Å². The average Bonchev–Trinajstić information content (AvgIpc) is 2.34. The molecule has 0 spiro atoms. The zero-order valence-electron chi connectivity index (χ0n) is 11.1. The molecule has 1 rings (SSSR count). The van der Waals surface area contributed by atoms with E-state index in [0.29, 0.717) is 17.1 Å². The molecule has 0 heterocycles. The SMILES string of the molecule is COc1cccc(C(=N)N)c1OCC(=O)N(C)C.Cl. The lowest BCUT2D eigenvalue weighted by Gasteiger charge is -2.15. The monoisotopic (exact) mass is 287 g/mol. The highest BCUT2D eigenvalue weighted by atomic mass is 35.5. The normalized spacial score (nSPS) is 9.21. The van der Waals surface area contributed by atoms with E-state index in [-0.39, 0.29) is 30.8 Å². The Morgan fingerprint density at radius 3 is 2.53 bits per heavy atom. The van der Waals surface area contributed by atoms with Gasteiger partial charge >= 0.3 is 0 Å². The van der Waals surface area contributed by atoms with Crippen LogP contribution in [0.4, 0.5) is 0 Å². The fourth-order valence-corrected chi connectivity index (χ4v) is 1.30. The van der Waals surface area contributed by atoms with E-state index in [2.05, 4.69) is 0 Å². The number of nitrogens with two attached hydrogens (primary N) is 1. The molecule has 6 nitrogen and oxygen atoms in total. The van der Waals surface area contributed by atoms with Crippen molar-refractivity contribution < 1.29 is 14.3 Å². The van der Waals surface area contributed by atoms with E-state index in [0.717, 1.165) is 0 Å². The third-order valence-corrected chi connectivity index (χ3v) is 2.33. The first-order valence-electron chi connectivity index (χ1n) is 5.31. The summed E-state index contributed by atoms with van der Waals surface area (Å²) in [7, 11) is 4.76. The van der Waals surface area contributed by atoms with Gasteiger partial charge in [0.15, 0.2) is 18.1 Å². The maximum Gasteiger partial charge on any atom is 0.259 e. The van der Waals surface area contributed by atoms with Crippen molar-refractivity contribution in [3.63, 3.8) is 0 Å². The topological polar surface area (TPSA) is 88.6 Å². The van der Waals surface area contributed by atoms with E-state index in [9.17, 15) is 4.79 Å². The Kier molecular flexibility index (Phi) is 6.71. The van der Waals surface area contributed by atoms with Crippen LogP contribution in [0, 0.1) is 5.41 Å². The highest BCUT2D eigenvalue weighted by Gasteiger charge is 2.14. The van der Waals surface area contributed by atoms with Crippen LogP contribution in [-0.2, 0) is 4.79 Å². The van der Waals surface area contributed by atoms with Crippen LogP contribution in [0.1, 0.15) is 5.56 Å². The molecule has 106 valence electrons. The lowest BCUT2D eigenvalue weighted by Crippen LogP contribution is -2.28. The first-order chi connectivity index (χ1) is 8.47. The van der Waals surface area contributed by atoms with Gasteiger partial charge < -0.3 is 20.1 Å². The van der Waals surface area contributed by atoms with E-state index >= 15 is 0 Å². The Bertz CT molecular complexity index is 464. The lowest BCUT2D eigenvalue weighted by atomic mass is 10.1. The molecule has 0 unspecified atom stereocenters. The van der Waals surface area contributed by atoms with Gasteiger partial charge in [-0.25, -0.2) is 0 Å². The van der Waals surface area contributed by atoms with Crippen molar-refractivity contribution in [1.29, 1.82) is 5.41 Å². The molecule has 7 heteroatoms. The van der Waals surface area contributed by atoms with Crippen LogP contribution in [0.2, 0.25) is 0 Å². The van der Waals surface area contributed by atoms with Gasteiger partial charge in [0.2, 0.25) is 0 Å². The standard InChI is InChI=1S/C12H17N3O3.ClH/c1-15(2)10(16)7-18-11-8(12(13)14)5-4-6-9(11)17-3;/h4-6H,7H2,1-3H3,(H3,13,14);1H. The maximum atomic E-state index is 11.5. The number of hydrogen-bond acceptors (Lipinski definition) is 4. The number of para-hydroxylation sites is 1. The summed E-state index contributed by atoms with van der Waals surface area (Å²) in [5.41, 5.74) is 5.86. The molecule has 0 aliphatic rings. The van der Waals surface area contributed by atoms with Crippen LogP contribution in [0.5, 0.6) is 11.5 Å². The van der Waals surface area contributed by atoms with Crippen LogP contribution < -0.4 is 15.2 Å². The summed E-state index contributed by atoms with van der Waals surface area (Å²) in [6.07, 6.45) is 0. The molecule has 0 fully saturated rings.